The van der Waals surface area contributed by atoms with Crippen LogP contribution in [0.4, 0.5) is 0 Å². The summed E-state index contributed by atoms with van der Waals surface area (Å²) in [5, 5.41) is 1.42. The molecular formula is C13H17Cl2N. The molecule has 16 heavy (non-hydrogen) atoms. The lowest BCUT2D eigenvalue weighted by Crippen LogP contribution is -2.51. The third-order valence-electron chi connectivity index (χ3n) is 3.53. The predicted octanol–water partition coefficient (Wildman–Crippen LogP) is 4.01. The van der Waals surface area contributed by atoms with Gasteiger partial charge in [-0.3, -0.25) is 0 Å². The number of rotatable bonds is 2. The Bertz CT molecular complexity index is 404. The molecule has 0 radical (unpaired) electrons. The van der Waals surface area contributed by atoms with Crippen LogP contribution >= 0.6 is 23.2 Å². The molecule has 1 nitrogen and oxygen atoms in total. The third kappa shape index (κ3) is 1.97. The molecule has 0 heterocycles. The first kappa shape index (κ1) is 12.2. The van der Waals surface area contributed by atoms with Crippen LogP contribution in [0.15, 0.2) is 18.2 Å². The molecule has 0 aromatic heterocycles. The first-order valence-electron chi connectivity index (χ1n) is 5.54. The molecule has 0 bridgehead atoms. The Morgan fingerprint density at radius 2 is 1.88 bits per heavy atom. The molecule has 0 spiro atoms. The van der Waals surface area contributed by atoms with Gasteiger partial charge < -0.3 is 5.73 Å². The SMILES string of the molecule is CC1(C)CC(CN)(c2ccc(Cl)cc2Cl)C1. The molecule has 1 aromatic carbocycles. The summed E-state index contributed by atoms with van der Waals surface area (Å²) in [7, 11) is 0. The van der Waals surface area contributed by atoms with E-state index in [0.29, 0.717) is 17.0 Å². The largest absolute Gasteiger partial charge is 0.330 e. The van der Waals surface area contributed by atoms with Crippen molar-refractivity contribution in [3.63, 3.8) is 0 Å². The highest BCUT2D eigenvalue weighted by atomic mass is 35.5. The van der Waals surface area contributed by atoms with Crippen molar-refractivity contribution in [2.24, 2.45) is 11.1 Å². The monoisotopic (exact) mass is 257 g/mol. The van der Waals surface area contributed by atoms with Crippen LogP contribution in [0.1, 0.15) is 32.3 Å². The Balaban J connectivity index is 2.36. The summed E-state index contributed by atoms with van der Waals surface area (Å²) in [5.74, 6) is 0. The minimum Gasteiger partial charge on any atom is -0.330 e. The number of halogens is 2. The van der Waals surface area contributed by atoms with Gasteiger partial charge in [0.1, 0.15) is 0 Å². The molecule has 1 saturated carbocycles. The Hall–Kier alpha value is -0.240. The zero-order valence-corrected chi connectivity index (χ0v) is 11.2. The maximum atomic E-state index is 6.26. The zero-order chi connectivity index (χ0) is 12.0. The van der Waals surface area contributed by atoms with E-state index in [1.165, 1.54) is 0 Å². The standard InChI is InChI=1S/C13H17Cl2N/c1-12(2)6-13(7-12,8-16)10-4-3-9(14)5-11(10)15/h3-5H,6-8,16H2,1-2H3. The summed E-state index contributed by atoms with van der Waals surface area (Å²) in [6.45, 7) is 5.19. The Morgan fingerprint density at radius 1 is 1.25 bits per heavy atom. The quantitative estimate of drug-likeness (QED) is 0.852. The summed E-state index contributed by atoms with van der Waals surface area (Å²) in [4.78, 5) is 0. The van der Waals surface area contributed by atoms with Crippen LogP contribution in [0.5, 0.6) is 0 Å². The maximum absolute atomic E-state index is 6.26. The lowest BCUT2D eigenvalue weighted by Gasteiger charge is -2.53. The highest BCUT2D eigenvalue weighted by molar-refractivity contribution is 6.35. The summed E-state index contributed by atoms with van der Waals surface area (Å²) in [6.07, 6.45) is 2.19. The minimum atomic E-state index is 0.0607. The first-order valence-corrected chi connectivity index (χ1v) is 6.30. The van der Waals surface area contributed by atoms with E-state index in [0.717, 1.165) is 23.4 Å². The van der Waals surface area contributed by atoms with Gasteiger partial charge in [0.25, 0.3) is 0 Å². The van der Waals surface area contributed by atoms with Crippen LogP contribution in [-0.2, 0) is 5.41 Å². The Labute approximate surface area is 107 Å². The Morgan fingerprint density at radius 3 is 2.31 bits per heavy atom. The van der Waals surface area contributed by atoms with Crippen LogP contribution in [0.25, 0.3) is 0 Å². The van der Waals surface area contributed by atoms with E-state index in [1.807, 2.05) is 12.1 Å². The van der Waals surface area contributed by atoms with Crippen LogP contribution in [0, 0.1) is 5.41 Å². The molecule has 1 aliphatic carbocycles. The van der Waals surface area contributed by atoms with Crippen LogP contribution in [0.3, 0.4) is 0 Å². The highest BCUT2D eigenvalue weighted by Gasteiger charge is 2.49. The highest BCUT2D eigenvalue weighted by Crippen LogP contribution is 2.56. The van der Waals surface area contributed by atoms with Gasteiger partial charge in [0.05, 0.1) is 0 Å². The van der Waals surface area contributed by atoms with Crippen LogP contribution in [-0.4, -0.2) is 6.54 Å². The van der Waals surface area contributed by atoms with Gasteiger partial charge in [0.2, 0.25) is 0 Å². The van der Waals surface area contributed by atoms with Crippen molar-refractivity contribution in [1.29, 1.82) is 0 Å². The van der Waals surface area contributed by atoms with Crippen molar-refractivity contribution >= 4 is 23.2 Å². The van der Waals surface area contributed by atoms with Crippen molar-refractivity contribution in [3.05, 3.63) is 33.8 Å². The molecular weight excluding hydrogens is 241 g/mol. The fourth-order valence-corrected chi connectivity index (χ4v) is 3.75. The molecule has 0 unspecified atom stereocenters. The fraction of sp³-hybridized carbons (Fsp3) is 0.538. The molecule has 0 atom stereocenters. The molecule has 1 aliphatic rings. The molecule has 0 amide bonds. The minimum absolute atomic E-state index is 0.0607. The second kappa shape index (κ2) is 3.90. The van der Waals surface area contributed by atoms with Gasteiger partial charge in [-0.05, 0) is 36.0 Å². The second-order valence-corrected chi connectivity index (χ2v) is 6.47. The average Bonchev–Trinajstić information content (AvgIpc) is 2.13. The van der Waals surface area contributed by atoms with Crippen molar-refractivity contribution in [1.82, 2.24) is 0 Å². The van der Waals surface area contributed by atoms with Crippen molar-refractivity contribution in [2.75, 3.05) is 6.54 Å². The lowest BCUT2D eigenvalue weighted by molar-refractivity contribution is 0.0635. The van der Waals surface area contributed by atoms with Crippen molar-refractivity contribution in [2.45, 2.75) is 32.1 Å². The molecule has 1 aromatic rings. The fourth-order valence-electron chi connectivity index (χ4n) is 3.14. The molecule has 2 rings (SSSR count). The summed E-state index contributed by atoms with van der Waals surface area (Å²) < 4.78 is 0. The van der Waals surface area contributed by atoms with Gasteiger partial charge in [0, 0.05) is 22.0 Å². The molecule has 2 N–H and O–H groups in total. The zero-order valence-electron chi connectivity index (χ0n) is 9.69. The van der Waals surface area contributed by atoms with Gasteiger partial charge >= 0.3 is 0 Å². The summed E-state index contributed by atoms with van der Waals surface area (Å²) in [5.41, 5.74) is 7.53. The predicted molar refractivity (Wildman–Crippen MR) is 70.2 cm³/mol. The van der Waals surface area contributed by atoms with E-state index >= 15 is 0 Å². The van der Waals surface area contributed by atoms with Crippen molar-refractivity contribution in [3.8, 4) is 0 Å². The van der Waals surface area contributed by atoms with Gasteiger partial charge in [-0.1, -0.05) is 43.1 Å². The van der Waals surface area contributed by atoms with E-state index in [4.69, 9.17) is 28.9 Å². The lowest BCUT2D eigenvalue weighted by atomic mass is 9.52. The molecule has 88 valence electrons. The normalized spacial score (nSPS) is 21.6. The van der Waals surface area contributed by atoms with Gasteiger partial charge in [-0.15, -0.1) is 0 Å². The van der Waals surface area contributed by atoms with E-state index < -0.39 is 0 Å². The number of hydrogen-bond donors (Lipinski definition) is 1. The van der Waals surface area contributed by atoms with E-state index in [2.05, 4.69) is 13.8 Å². The number of nitrogens with two attached hydrogens (primary N) is 1. The molecule has 1 fully saturated rings. The smallest absolute Gasteiger partial charge is 0.0458 e. The van der Waals surface area contributed by atoms with Crippen molar-refractivity contribution < 1.29 is 0 Å². The maximum Gasteiger partial charge on any atom is 0.0458 e. The average molecular weight is 258 g/mol. The van der Waals surface area contributed by atoms with E-state index in [9.17, 15) is 0 Å². The molecule has 0 aliphatic heterocycles. The second-order valence-electron chi connectivity index (χ2n) is 5.63. The van der Waals surface area contributed by atoms with Crippen LogP contribution < -0.4 is 5.73 Å². The Kier molecular flexibility index (Phi) is 2.98. The molecule has 3 heteroatoms. The van der Waals surface area contributed by atoms with E-state index in [1.54, 1.807) is 6.07 Å². The topological polar surface area (TPSA) is 26.0 Å². The number of hydrogen-bond acceptors (Lipinski definition) is 1. The van der Waals surface area contributed by atoms with Crippen LogP contribution in [0.2, 0.25) is 10.0 Å². The first-order chi connectivity index (χ1) is 7.38. The van der Waals surface area contributed by atoms with Gasteiger partial charge in [-0.25, -0.2) is 0 Å². The third-order valence-corrected chi connectivity index (χ3v) is 4.07. The number of benzene rings is 1. The molecule has 0 saturated heterocycles. The van der Waals surface area contributed by atoms with Gasteiger partial charge in [0.15, 0.2) is 0 Å². The summed E-state index contributed by atoms with van der Waals surface area (Å²) in [6, 6.07) is 5.72. The summed E-state index contributed by atoms with van der Waals surface area (Å²) >= 11 is 12.2. The van der Waals surface area contributed by atoms with Gasteiger partial charge in [-0.2, -0.15) is 0 Å². The van der Waals surface area contributed by atoms with E-state index in [-0.39, 0.29) is 5.41 Å².